The molecule has 0 bridgehead atoms. The second kappa shape index (κ2) is 5.59. The maximum absolute atomic E-state index is 13.2. The summed E-state index contributed by atoms with van der Waals surface area (Å²) in [5.41, 5.74) is 0.751. The van der Waals surface area contributed by atoms with E-state index in [1.165, 1.54) is 18.5 Å². The number of nitrogens with zero attached hydrogens (tertiary/aromatic N) is 2. The van der Waals surface area contributed by atoms with Crippen molar-refractivity contribution < 1.29 is 13.7 Å². The monoisotopic (exact) mass is 251 g/mol. The van der Waals surface area contributed by atoms with Gasteiger partial charge >= 0.3 is 0 Å². The number of ether oxygens (including phenoxy) is 1. The molecule has 1 aromatic carbocycles. The van der Waals surface area contributed by atoms with Crippen LogP contribution < -0.4 is 10.1 Å². The first-order valence-corrected chi connectivity index (χ1v) is 5.55. The van der Waals surface area contributed by atoms with Crippen LogP contribution >= 0.6 is 0 Å². The van der Waals surface area contributed by atoms with Crippen LogP contribution in [0.1, 0.15) is 24.4 Å². The van der Waals surface area contributed by atoms with Crippen LogP contribution in [0.15, 0.2) is 29.1 Å². The second-order valence-corrected chi connectivity index (χ2v) is 3.83. The van der Waals surface area contributed by atoms with Gasteiger partial charge in [0.2, 0.25) is 12.2 Å². The fourth-order valence-electron chi connectivity index (χ4n) is 1.54. The first-order chi connectivity index (χ1) is 8.70. The molecule has 0 amide bonds. The Bertz CT molecular complexity index is 502. The number of rotatable bonds is 5. The van der Waals surface area contributed by atoms with E-state index < -0.39 is 0 Å². The molecule has 1 heterocycles. The van der Waals surface area contributed by atoms with Crippen LogP contribution in [0.4, 0.5) is 4.39 Å². The van der Waals surface area contributed by atoms with E-state index in [1.807, 2.05) is 6.92 Å². The molecule has 2 rings (SSSR count). The minimum Gasteiger partial charge on any atom is -0.485 e. The van der Waals surface area contributed by atoms with Crippen LogP contribution in [0.3, 0.4) is 0 Å². The van der Waals surface area contributed by atoms with Crippen molar-refractivity contribution >= 4 is 0 Å². The summed E-state index contributed by atoms with van der Waals surface area (Å²) in [7, 11) is 1.80. The van der Waals surface area contributed by atoms with Gasteiger partial charge in [0.05, 0.1) is 0 Å². The summed E-state index contributed by atoms with van der Waals surface area (Å²) in [6, 6.07) is 4.39. The van der Waals surface area contributed by atoms with E-state index in [9.17, 15) is 4.39 Å². The summed E-state index contributed by atoms with van der Waals surface area (Å²) in [5.74, 6) is 0.754. The summed E-state index contributed by atoms with van der Waals surface area (Å²) in [5, 5.41) is 6.69. The minimum atomic E-state index is -0.293. The van der Waals surface area contributed by atoms with Gasteiger partial charge in [-0.05, 0) is 32.2 Å². The topological polar surface area (TPSA) is 60.2 Å². The van der Waals surface area contributed by atoms with Crippen LogP contribution in [0.25, 0.3) is 0 Å². The van der Waals surface area contributed by atoms with Crippen LogP contribution in [0.5, 0.6) is 5.75 Å². The summed E-state index contributed by atoms with van der Waals surface area (Å²) in [6.45, 7) is 2.11. The Kier molecular flexibility index (Phi) is 3.88. The highest BCUT2D eigenvalue weighted by Crippen LogP contribution is 2.26. The average molecular weight is 251 g/mol. The van der Waals surface area contributed by atoms with Gasteiger partial charge in [0.15, 0.2) is 6.61 Å². The van der Waals surface area contributed by atoms with Gasteiger partial charge in [0, 0.05) is 11.6 Å². The van der Waals surface area contributed by atoms with Crippen molar-refractivity contribution in [1.82, 2.24) is 15.5 Å². The zero-order valence-corrected chi connectivity index (χ0v) is 10.2. The Hall–Kier alpha value is -1.95. The largest absolute Gasteiger partial charge is 0.485 e. The van der Waals surface area contributed by atoms with Crippen molar-refractivity contribution in [2.45, 2.75) is 19.6 Å². The van der Waals surface area contributed by atoms with Crippen molar-refractivity contribution in [3.63, 3.8) is 0 Å². The minimum absolute atomic E-state index is 0.0130. The lowest BCUT2D eigenvalue weighted by Gasteiger charge is -2.15. The number of hydrogen-bond acceptors (Lipinski definition) is 5. The maximum Gasteiger partial charge on any atom is 0.213 e. The Morgan fingerprint density at radius 2 is 2.33 bits per heavy atom. The van der Waals surface area contributed by atoms with Crippen molar-refractivity contribution in [1.29, 1.82) is 0 Å². The molecule has 0 aliphatic heterocycles. The fraction of sp³-hybridized carbons (Fsp3) is 0.333. The molecular weight excluding hydrogens is 237 g/mol. The zero-order chi connectivity index (χ0) is 13.0. The van der Waals surface area contributed by atoms with Crippen LogP contribution in [0, 0.1) is 5.82 Å². The number of halogens is 1. The molecule has 5 nitrogen and oxygen atoms in total. The van der Waals surface area contributed by atoms with Gasteiger partial charge in [-0.3, -0.25) is 0 Å². The summed E-state index contributed by atoms with van der Waals surface area (Å²) >= 11 is 0. The molecule has 0 aliphatic carbocycles. The molecular formula is C12H14FN3O2. The van der Waals surface area contributed by atoms with Crippen molar-refractivity contribution in [2.24, 2.45) is 0 Å². The van der Waals surface area contributed by atoms with E-state index in [0.29, 0.717) is 11.6 Å². The molecule has 1 N–H and O–H groups in total. The predicted octanol–water partition coefficient (Wildman–Crippen LogP) is 2.07. The molecule has 0 spiro atoms. The van der Waals surface area contributed by atoms with E-state index in [-0.39, 0.29) is 18.5 Å². The fourth-order valence-corrected chi connectivity index (χ4v) is 1.54. The third kappa shape index (κ3) is 2.84. The van der Waals surface area contributed by atoms with E-state index in [1.54, 1.807) is 13.1 Å². The molecule has 0 fully saturated rings. The maximum atomic E-state index is 13.2. The lowest BCUT2D eigenvalue weighted by Crippen LogP contribution is -2.14. The van der Waals surface area contributed by atoms with Crippen LogP contribution in [-0.4, -0.2) is 17.2 Å². The summed E-state index contributed by atoms with van der Waals surface area (Å²) in [6.07, 6.45) is 1.24. The number of benzene rings is 1. The number of aromatic nitrogens is 2. The van der Waals surface area contributed by atoms with Gasteiger partial charge in [0.1, 0.15) is 11.6 Å². The molecule has 6 heteroatoms. The van der Waals surface area contributed by atoms with Gasteiger partial charge in [0.25, 0.3) is 0 Å². The van der Waals surface area contributed by atoms with Crippen molar-refractivity contribution in [2.75, 3.05) is 7.05 Å². The molecule has 0 saturated heterocycles. The van der Waals surface area contributed by atoms with E-state index in [0.717, 1.165) is 5.56 Å². The SMILES string of the molecule is CNC(C)c1cc(F)ccc1OCc1ncon1. The van der Waals surface area contributed by atoms with Crippen LogP contribution in [0.2, 0.25) is 0 Å². The highest BCUT2D eigenvalue weighted by Gasteiger charge is 2.12. The number of nitrogens with one attached hydrogen (secondary N) is 1. The molecule has 1 atom stereocenters. The second-order valence-electron chi connectivity index (χ2n) is 3.83. The molecule has 1 unspecified atom stereocenters. The third-order valence-corrected chi connectivity index (χ3v) is 2.64. The first-order valence-electron chi connectivity index (χ1n) is 5.55. The Balaban J connectivity index is 2.16. The van der Waals surface area contributed by atoms with Crippen molar-refractivity contribution in [3.05, 3.63) is 41.8 Å². The smallest absolute Gasteiger partial charge is 0.213 e. The van der Waals surface area contributed by atoms with Gasteiger partial charge in [-0.25, -0.2) is 4.39 Å². The zero-order valence-electron chi connectivity index (χ0n) is 10.2. The van der Waals surface area contributed by atoms with E-state index in [2.05, 4.69) is 20.0 Å². The van der Waals surface area contributed by atoms with E-state index in [4.69, 9.17) is 4.74 Å². The predicted molar refractivity (Wildman–Crippen MR) is 62.5 cm³/mol. The summed E-state index contributed by atoms with van der Waals surface area (Å²) in [4.78, 5) is 3.85. The Labute approximate surface area is 104 Å². The molecule has 0 radical (unpaired) electrons. The molecule has 1 aromatic heterocycles. The Morgan fingerprint density at radius 1 is 1.50 bits per heavy atom. The highest BCUT2D eigenvalue weighted by atomic mass is 19.1. The van der Waals surface area contributed by atoms with Gasteiger partial charge in [-0.15, -0.1) is 0 Å². The Morgan fingerprint density at radius 3 is 3.00 bits per heavy atom. The normalized spacial score (nSPS) is 12.4. The molecule has 18 heavy (non-hydrogen) atoms. The summed E-state index contributed by atoms with van der Waals surface area (Å²) < 4.78 is 23.4. The van der Waals surface area contributed by atoms with Crippen molar-refractivity contribution in [3.8, 4) is 5.75 Å². The number of hydrogen-bond donors (Lipinski definition) is 1. The standard InChI is InChI=1S/C12H14FN3O2/c1-8(14-2)10-5-9(13)3-4-11(10)17-6-12-15-7-18-16-12/h3-5,7-8,14H,6H2,1-2H3. The molecule has 2 aromatic rings. The van der Waals surface area contributed by atoms with Gasteiger partial charge in [-0.1, -0.05) is 5.16 Å². The molecule has 0 saturated carbocycles. The molecule has 96 valence electrons. The first kappa shape index (κ1) is 12.5. The highest BCUT2D eigenvalue weighted by molar-refractivity contribution is 5.36. The van der Waals surface area contributed by atoms with Gasteiger partial charge < -0.3 is 14.6 Å². The lowest BCUT2D eigenvalue weighted by molar-refractivity contribution is 0.281. The lowest BCUT2D eigenvalue weighted by atomic mass is 10.1. The van der Waals surface area contributed by atoms with Crippen LogP contribution in [-0.2, 0) is 6.61 Å². The third-order valence-electron chi connectivity index (χ3n) is 2.64. The van der Waals surface area contributed by atoms with E-state index >= 15 is 0 Å². The average Bonchev–Trinajstić information content (AvgIpc) is 2.89. The quantitative estimate of drug-likeness (QED) is 0.881. The van der Waals surface area contributed by atoms with Gasteiger partial charge in [-0.2, -0.15) is 4.98 Å². The molecule has 0 aliphatic rings.